The van der Waals surface area contributed by atoms with Crippen molar-refractivity contribution in [1.82, 2.24) is 14.7 Å². The van der Waals surface area contributed by atoms with Gasteiger partial charge >= 0.3 is 0 Å². The van der Waals surface area contributed by atoms with E-state index in [0.717, 1.165) is 31.6 Å². The van der Waals surface area contributed by atoms with Crippen molar-refractivity contribution in [3.63, 3.8) is 0 Å². The normalized spacial score (nSPS) is 31.1. The van der Waals surface area contributed by atoms with Crippen LogP contribution in [0.3, 0.4) is 0 Å². The van der Waals surface area contributed by atoms with E-state index in [-0.39, 0.29) is 12.0 Å². The Bertz CT molecular complexity index is 460. The maximum absolute atomic E-state index is 10.3. The smallest absolute Gasteiger partial charge is 0.0764 e. The molecule has 3 atom stereocenters. The molecular weight excluding hydrogens is 266 g/mol. The van der Waals surface area contributed by atoms with Gasteiger partial charge in [-0.2, -0.15) is 5.10 Å². The highest BCUT2D eigenvalue weighted by molar-refractivity contribution is 5.02. The van der Waals surface area contributed by atoms with Crippen molar-refractivity contribution in [2.75, 3.05) is 19.8 Å². The van der Waals surface area contributed by atoms with Gasteiger partial charge in [-0.3, -0.25) is 9.58 Å². The van der Waals surface area contributed by atoms with Gasteiger partial charge in [-0.05, 0) is 45.7 Å². The summed E-state index contributed by atoms with van der Waals surface area (Å²) in [5.41, 5.74) is 1.13. The molecule has 118 valence electrons. The fraction of sp³-hybridized carbons (Fsp3) is 0.812. The third-order valence-electron chi connectivity index (χ3n) is 4.83. The molecule has 0 saturated carbocycles. The van der Waals surface area contributed by atoms with E-state index in [0.29, 0.717) is 25.3 Å². The van der Waals surface area contributed by atoms with Crippen molar-refractivity contribution in [2.24, 2.45) is 5.92 Å². The first-order chi connectivity index (χ1) is 10.1. The first-order valence-corrected chi connectivity index (χ1v) is 8.19. The van der Waals surface area contributed by atoms with Crippen LogP contribution in [0.25, 0.3) is 0 Å². The number of rotatable bonds is 4. The van der Waals surface area contributed by atoms with Gasteiger partial charge in [0.15, 0.2) is 0 Å². The number of ether oxygens (including phenoxy) is 1. The summed E-state index contributed by atoms with van der Waals surface area (Å²) in [4.78, 5) is 2.48. The average molecular weight is 293 g/mol. The van der Waals surface area contributed by atoms with Gasteiger partial charge in [0.2, 0.25) is 0 Å². The average Bonchev–Trinajstić information content (AvgIpc) is 3.09. The lowest BCUT2D eigenvalue weighted by Crippen LogP contribution is -2.45. The van der Waals surface area contributed by atoms with Gasteiger partial charge in [-0.25, -0.2) is 0 Å². The molecule has 21 heavy (non-hydrogen) atoms. The minimum atomic E-state index is -0.211. The molecule has 2 saturated heterocycles. The van der Waals surface area contributed by atoms with Gasteiger partial charge in [0.1, 0.15) is 0 Å². The zero-order valence-electron chi connectivity index (χ0n) is 13.1. The van der Waals surface area contributed by atoms with Crippen LogP contribution < -0.4 is 0 Å². The largest absolute Gasteiger partial charge is 0.393 e. The molecule has 2 fully saturated rings. The molecule has 0 amide bonds. The van der Waals surface area contributed by atoms with E-state index >= 15 is 0 Å². The standard InChI is InChI=1S/C16H27N3O2/c1-12(2)19-8-5-13(17-19)10-18-7-3-4-15(18)14-11-21-9-6-16(14)20/h5,8,12,14-16,20H,3-4,6-7,9-11H2,1-2H3/t14-,15-,16-/m1/s1. The van der Waals surface area contributed by atoms with Crippen molar-refractivity contribution in [3.05, 3.63) is 18.0 Å². The number of hydrogen-bond acceptors (Lipinski definition) is 4. The van der Waals surface area contributed by atoms with Crippen molar-refractivity contribution in [2.45, 2.75) is 57.8 Å². The predicted molar refractivity (Wildman–Crippen MR) is 81.0 cm³/mol. The lowest BCUT2D eigenvalue weighted by Gasteiger charge is -2.36. The molecule has 0 spiro atoms. The second-order valence-electron chi connectivity index (χ2n) is 6.66. The van der Waals surface area contributed by atoms with Gasteiger partial charge < -0.3 is 9.84 Å². The van der Waals surface area contributed by atoms with E-state index in [4.69, 9.17) is 4.74 Å². The maximum atomic E-state index is 10.3. The molecule has 2 aliphatic heterocycles. The molecule has 0 radical (unpaired) electrons. The summed E-state index contributed by atoms with van der Waals surface area (Å²) < 4.78 is 7.61. The topological polar surface area (TPSA) is 50.5 Å². The zero-order chi connectivity index (χ0) is 14.8. The first-order valence-electron chi connectivity index (χ1n) is 8.19. The SMILES string of the molecule is CC(C)n1ccc(CN2CCC[C@@H]2[C@H]2COCC[C@H]2O)n1. The Morgan fingerprint density at radius 2 is 2.29 bits per heavy atom. The fourth-order valence-corrected chi connectivity index (χ4v) is 3.61. The Hall–Kier alpha value is -0.910. The molecule has 0 unspecified atom stereocenters. The number of hydrogen-bond donors (Lipinski definition) is 1. The van der Waals surface area contributed by atoms with Gasteiger partial charge in [0, 0.05) is 37.4 Å². The summed E-state index contributed by atoms with van der Waals surface area (Å²) in [7, 11) is 0. The Morgan fingerprint density at radius 3 is 3.00 bits per heavy atom. The molecule has 2 aliphatic rings. The van der Waals surface area contributed by atoms with E-state index in [2.05, 4.69) is 36.1 Å². The van der Waals surface area contributed by atoms with E-state index in [1.807, 2.05) is 4.68 Å². The minimum Gasteiger partial charge on any atom is -0.393 e. The molecule has 5 nitrogen and oxygen atoms in total. The van der Waals surface area contributed by atoms with Crippen molar-refractivity contribution < 1.29 is 9.84 Å². The number of aromatic nitrogens is 2. The summed E-state index contributed by atoms with van der Waals surface area (Å²) in [5, 5.41) is 14.9. The van der Waals surface area contributed by atoms with Gasteiger partial charge in [0.05, 0.1) is 18.4 Å². The highest BCUT2D eigenvalue weighted by Crippen LogP contribution is 2.30. The second-order valence-corrected chi connectivity index (χ2v) is 6.66. The Morgan fingerprint density at radius 1 is 1.43 bits per heavy atom. The number of nitrogens with zero attached hydrogens (tertiary/aromatic N) is 3. The second kappa shape index (κ2) is 6.46. The van der Waals surface area contributed by atoms with Crippen molar-refractivity contribution in [1.29, 1.82) is 0 Å². The summed E-state index contributed by atoms with van der Waals surface area (Å²) in [6.07, 6.45) is 4.99. The number of likely N-dealkylation sites (tertiary alicyclic amines) is 1. The van der Waals surface area contributed by atoms with Gasteiger partial charge in [0.25, 0.3) is 0 Å². The van der Waals surface area contributed by atoms with Crippen molar-refractivity contribution in [3.8, 4) is 0 Å². The lowest BCUT2D eigenvalue weighted by atomic mass is 9.89. The lowest BCUT2D eigenvalue weighted by molar-refractivity contribution is -0.0637. The van der Waals surface area contributed by atoms with Gasteiger partial charge in [-0.1, -0.05) is 0 Å². The minimum absolute atomic E-state index is 0.211. The Labute approximate surface area is 126 Å². The van der Waals surface area contributed by atoms with E-state index in [1.165, 1.54) is 6.42 Å². The van der Waals surface area contributed by atoms with Crippen LogP contribution in [-0.2, 0) is 11.3 Å². The molecule has 5 heteroatoms. The molecule has 0 aliphatic carbocycles. The monoisotopic (exact) mass is 293 g/mol. The third kappa shape index (κ3) is 3.30. The third-order valence-corrected chi connectivity index (χ3v) is 4.83. The molecule has 1 aromatic rings. The molecule has 0 aromatic carbocycles. The molecule has 1 aromatic heterocycles. The summed E-state index contributed by atoms with van der Waals surface area (Å²) >= 11 is 0. The first kappa shape index (κ1) is 15.0. The molecule has 3 heterocycles. The van der Waals surface area contributed by atoms with Crippen LogP contribution in [0.4, 0.5) is 0 Å². The van der Waals surface area contributed by atoms with Gasteiger partial charge in [-0.15, -0.1) is 0 Å². The van der Waals surface area contributed by atoms with Crippen LogP contribution in [0.5, 0.6) is 0 Å². The van der Waals surface area contributed by atoms with Crippen LogP contribution >= 0.6 is 0 Å². The quantitative estimate of drug-likeness (QED) is 0.920. The molecular formula is C16H27N3O2. The summed E-state index contributed by atoms with van der Waals surface area (Å²) in [6, 6.07) is 2.95. The van der Waals surface area contributed by atoms with Crippen molar-refractivity contribution >= 4 is 0 Å². The highest BCUT2D eigenvalue weighted by atomic mass is 16.5. The van der Waals surface area contributed by atoms with E-state index in [1.54, 1.807) is 0 Å². The maximum Gasteiger partial charge on any atom is 0.0764 e. The summed E-state index contributed by atoms with van der Waals surface area (Å²) in [5.74, 6) is 0.258. The Balaban J connectivity index is 1.65. The van der Waals surface area contributed by atoms with Crippen LogP contribution in [0, 0.1) is 5.92 Å². The molecule has 3 rings (SSSR count). The Kier molecular flexibility index (Phi) is 4.62. The number of aliphatic hydroxyl groups is 1. The van der Waals surface area contributed by atoms with Crippen LogP contribution in [-0.4, -0.2) is 51.7 Å². The fourth-order valence-electron chi connectivity index (χ4n) is 3.61. The number of aliphatic hydroxyl groups excluding tert-OH is 1. The summed E-state index contributed by atoms with van der Waals surface area (Å²) in [6.45, 7) is 7.66. The molecule has 0 bridgehead atoms. The predicted octanol–water partition coefficient (Wildman–Crippen LogP) is 1.83. The van der Waals surface area contributed by atoms with Crippen LogP contribution in [0.15, 0.2) is 12.3 Å². The molecule has 1 N–H and O–H groups in total. The zero-order valence-corrected chi connectivity index (χ0v) is 13.1. The van der Waals surface area contributed by atoms with E-state index in [9.17, 15) is 5.11 Å². The highest BCUT2D eigenvalue weighted by Gasteiger charge is 2.37. The van der Waals surface area contributed by atoms with Crippen LogP contribution in [0.2, 0.25) is 0 Å². The van der Waals surface area contributed by atoms with Crippen LogP contribution in [0.1, 0.15) is 44.8 Å². The van der Waals surface area contributed by atoms with E-state index < -0.39 is 0 Å².